The van der Waals surface area contributed by atoms with Crippen molar-refractivity contribution >= 4 is 16.7 Å². The van der Waals surface area contributed by atoms with Gasteiger partial charge in [0.15, 0.2) is 0 Å². The van der Waals surface area contributed by atoms with Crippen LogP contribution in [-0.2, 0) is 15.6 Å². The molecule has 0 heterocycles. The van der Waals surface area contributed by atoms with Crippen molar-refractivity contribution in [2.45, 2.75) is 33.2 Å². The molecule has 0 aromatic heterocycles. The van der Waals surface area contributed by atoms with Crippen LogP contribution in [0.5, 0.6) is 0 Å². The Labute approximate surface area is 94.7 Å². The zero-order chi connectivity index (χ0) is 11.9. The van der Waals surface area contributed by atoms with E-state index in [0.29, 0.717) is 18.1 Å². The lowest BCUT2D eigenvalue weighted by atomic mass is 10.1. The van der Waals surface area contributed by atoms with Crippen molar-refractivity contribution in [1.29, 1.82) is 0 Å². The second-order valence-electron chi connectivity index (χ2n) is 3.84. The number of hydrogen-bond donors (Lipinski definition) is 2. The van der Waals surface area contributed by atoms with Crippen molar-refractivity contribution < 1.29 is 9.00 Å². The van der Waals surface area contributed by atoms with Gasteiger partial charge in [0.25, 0.3) is 0 Å². The molecule has 15 heavy (non-hydrogen) atoms. The Kier molecular flexibility index (Phi) is 6.76. The van der Waals surface area contributed by atoms with Gasteiger partial charge in [-0.15, -0.1) is 0 Å². The van der Waals surface area contributed by atoms with Crippen molar-refractivity contribution in [3.63, 3.8) is 0 Å². The van der Waals surface area contributed by atoms with Gasteiger partial charge in [0.2, 0.25) is 5.91 Å². The Morgan fingerprint density at radius 1 is 1.33 bits per heavy atom. The maximum absolute atomic E-state index is 11.7. The van der Waals surface area contributed by atoms with Gasteiger partial charge >= 0.3 is 0 Å². The second-order valence-corrected chi connectivity index (χ2v) is 5.71. The Hall–Kier alpha value is -0.420. The van der Waals surface area contributed by atoms with Crippen LogP contribution in [0.1, 0.15) is 27.7 Å². The third kappa shape index (κ3) is 5.89. The Balaban J connectivity index is 3.88. The van der Waals surface area contributed by atoms with Crippen LogP contribution >= 0.6 is 0 Å². The second kappa shape index (κ2) is 6.95. The van der Waals surface area contributed by atoms with E-state index in [9.17, 15) is 9.00 Å². The summed E-state index contributed by atoms with van der Waals surface area (Å²) in [5, 5.41) is 5.86. The van der Waals surface area contributed by atoms with Crippen molar-refractivity contribution in [2.75, 3.05) is 24.6 Å². The van der Waals surface area contributed by atoms with E-state index in [4.69, 9.17) is 0 Å². The van der Waals surface area contributed by atoms with Crippen LogP contribution in [0, 0.1) is 0 Å². The Morgan fingerprint density at radius 3 is 2.40 bits per heavy atom. The molecule has 1 unspecified atom stereocenters. The van der Waals surface area contributed by atoms with Crippen LogP contribution < -0.4 is 10.6 Å². The average molecular weight is 234 g/mol. The Bertz CT molecular complexity index is 229. The number of likely N-dealkylation sites (N-methyl/N-ethyl adjacent to an activating group) is 1. The maximum Gasteiger partial charge on any atom is 0.239 e. The van der Waals surface area contributed by atoms with E-state index in [1.807, 2.05) is 27.7 Å². The molecule has 5 heteroatoms. The van der Waals surface area contributed by atoms with Gasteiger partial charge in [0, 0.05) is 28.9 Å². The molecule has 0 aromatic carbocycles. The molecule has 0 aliphatic carbocycles. The molecule has 0 fully saturated rings. The molecular weight excluding hydrogens is 212 g/mol. The first-order chi connectivity index (χ1) is 6.94. The van der Waals surface area contributed by atoms with Crippen LogP contribution in [0.4, 0.5) is 0 Å². The fourth-order valence-electron chi connectivity index (χ4n) is 1.17. The molecule has 0 bridgehead atoms. The first kappa shape index (κ1) is 14.6. The third-order valence-electron chi connectivity index (χ3n) is 2.12. The molecule has 0 aliphatic rings. The van der Waals surface area contributed by atoms with Gasteiger partial charge < -0.3 is 10.6 Å². The van der Waals surface area contributed by atoms with E-state index in [0.717, 1.165) is 6.54 Å². The number of rotatable bonds is 7. The summed E-state index contributed by atoms with van der Waals surface area (Å²) in [6.07, 6.45) is 0. The van der Waals surface area contributed by atoms with E-state index in [1.165, 1.54) is 0 Å². The fourth-order valence-corrected chi connectivity index (χ4v) is 1.78. The summed E-state index contributed by atoms with van der Waals surface area (Å²) in [5.74, 6) is 1.13. The third-order valence-corrected chi connectivity index (χ3v) is 3.43. The van der Waals surface area contributed by atoms with Gasteiger partial charge in [-0.05, 0) is 20.4 Å². The lowest BCUT2D eigenvalue weighted by molar-refractivity contribution is -0.126. The van der Waals surface area contributed by atoms with Crippen molar-refractivity contribution in [3.8, 4) is 0 Å². The van der Waals surface area contributed by atoms with Crippen LogP contribution in [-0.4, -0.2) is 40.3 Å². The maximum atomic E-state index is 11.7. The van der Waals surface area contributed by atoms with E-state index >= 15 is 0 Å². The van der Waals surface area contributed by atoms with Gasteiger partial charge in [-0.2, -0.15) is 0 Å². The number of carbonyl (C=O) groups excluding carboxylic acids is 1. The summed E-state index contributed by atoms with van der Waals surface area (Å²) in [6.45, 7) is 8.74. The largest absolute Gasteiger partial charge is 0.354 e. The fraction of sp³-hybridized carbons (Fsp3) is 0.900. The normalized spacial score (nSPS) is 13.6. The molecule has 4 nitrogen and oxygen atoms in total. The van der Waals surface area contributed by atoms with E-state index in [1.54, 1.807) is 0 Å². The molecule has 0 saturated carbocycles. The van der Waals surface area contributed by atoms with Gasteiger partial charge in [-0.3, -0.25) is 9.00 Å². The highest BCUT2D eigenvalue weighted by atomic mass is 32.2. The first-order valence-electron chi connectivity index (χ1n) is 5.32. The van der Waals surface area contributed by atoms with Gasteiger partial charge in [-0.25, -0.2) is 0 Å². The predicted octanol–water partition coefficient (Wildman–Crippen LogP) is 0.259. The highest BCUT2D eigenvalue weighted by Crippen LogP contribution is 2.00. The molecule has 0 radical (unpaired) electrons. The van der Waals surface area contributed by atoms with Crippen LogP contribution in [0.2, 0.25) is 0 Å². The zero-order valence-corrected chi connectivity index (χ0v) is 10.9. The summed E-state index contributed by atoms with van der Waals surface area (Å²) in [7, 11) is -0.809. The molecule has 0 rings (SSSR count). The summed E-state index contributed by atoms with van der Waals surface area (Å²) in [6, 6.07) is 0. The topological polar surface area (TPSA) is 58.2 Å². The SMILES string of the molecule is CCNC(C)(C)C(=O)NCCS(=O)CC. The lowest BCUT2D eigenvalue weighted by Gasteiger charge is -2.24. The molecule has 0 saturated heterocycles. The summed E-state index contributed by atoms with van der Waals surface area (Å²) in [4.78, 5) is 11.7. The molecule has 2 N–H and O–H groups in total. The van der Waals surface area contributed by atoms with Crippen molar-refractivity contribution in [3.05, 3.63) is 0 Å². The highest BCUT2D eigenvalue weighted by Gasteiger charge is 2.25. The standard InChI is InChI=1S/C10H22N2O2S/c1-5-12-10(3,4)9(13)11-7-8-15(14)6-2/h12H,5-8H2,1-4H3,(H,11,13). The minimum Gasteiger partial charge on any atom is -0.354 e. The highest BCUT2D eigenvalue weighted by molar-refractivity contribution is 7.84. The molecule has 90 valence electrons. The lowest BCUT2D eigenvalue weighted by Crippen LogP contribution is -2.53. The molecule has 1 amide bonds. The summed E-state index contributed by atoms with van der Waals surface area (Å²) in [5.41, 5.74) is -0.553. The van der Waals surface area contributed by atoms with Crippen LogP contribution in [0.25, 0.3) is 0 Å². The summed E-state index contributed by atoms with van der Waals surface area (Å²) >= 11 is 0. The summed E-state index contributed by atoms with van der Waals surface area (Å²) < 4.78 is 11.1. The van der Waals surface area contributed by atoms with Gasteiger partial charge in [0.05, 0.1) is 5.54 Å². The monoisotopic (exact) mass is 234 g/mol. The number of amides is 1. The van der Waals surface area contributed by atoms with E-state index < -0.39 is 16.3 Å². The van der Waals surface area contributed by atoms with Gasteiger partial charge in [-0.1, -0.05) is 13.8 Å². The van der Waals surface area contributed by atoms with E-state index in [-0.39, 0.29) is 5.91 Å². The van der Waals surface area contributed by atoms with Crippen LogP contribution in [0.3, 0.4) is 0 Å². The average Bonchev–Trinajstić information content (AvgIpc) is 2.17. The molecule has 0 aromatic rings. The molecular formula is C10H22N2O2S. The van der Waals surface area contributed by atoms with Gasteiger partial charge in [0.1, 0.15) is 0 Å². The first-order valence-corrected chi connectivity index (χ1v) is 6.81. The predicted molar refractivity (Wildman–Crippen MR) is 64.3 cm³/mol. The van der Waals surface area contributed by atoms with E-state index in [2.05, 4.69) is 10.6 Å². The molecule has 1 atom stereocenters. The molecule has 0 aliphatic heterocycles. The van der Waals surface area contributed by atoms with Crippen molar-refractivity contribution in [1.82, 2.24) is 10.6 Å². The number of carbonyl (C=O) groups is 1. The molecule has 0 spiro atoms. The van der Waals surface area contributed by atoms with Crippen LogP contribution in [0.15, 0.2) is 0 Å². The number of nitrogens with one attached hydrogen (secondary N) is 2. The quantitative estimate of drug-likeness (QED) is 0.664. The smallest absolute Gasteiger partial charge is 0.239 e. The minimum absolute atomic E-state index is 0.0440. The Morgan fingerprint density at radius 2 is 1.93 bits per heavy atom. The van der Waals surface area contributed by atoms with Crippen molar-refractivity contribution in [2.24, 2.45) is 0 Å². The minimum atomic E-state index is -0.809. The zero-order valence-electron chi connectivity index (χ0n) is 10.1. The number of hydrogen-bond acceptors (Lipinski definition) is 3.